The molecule has 0 spiro atoms. The minimum atomic E-state index is -4.04. The van der Waals surface area contributed by atoms with Gasteiger partial charge in [-0.2, -0.15) is 4.31 Å². The predicted molar refractivity (Wildman–Crippen MR) is 124 cm³/mol. The van der Waals surface area contributed by atoms with Gasteiger partial charge in [-0.05, 0) is 57.5 Å². The van der Waals surface area contributed by atoms with E-state index in [-0.39, 0.29) is 22.7 Å². The molecule has 3 rings (SSSR count). The molecule has 174 valence electrons. The van der Waals surface area contributed by atoms with E-state index < -0.39 is 27.8 Å². The molecule has 0 saturated carbocycles. The number of sulfonamides is 1. The maximum absolute atomic E-state index is 13.6. The lowest BCUT2D eigenvalue weighted by Gasteiger charge is -2.27. The van der Waals surface area contributed by atoms with E-state index in [2.05, 4.69) is 9.97 Å². The van der Waals surface area contributed by atoms with Gasteiger partial charge in [-0.25, -0.2) is 13.2 Å². The number of carbonyl (C=O) groups excluding carboxylic acids is 2. The molecule has 0 fully saturated rings. The summed E-state index contributed by atoms with van der Waals surface area (Å²) in [6.07, 6.45) is 1.57. The number of ketones is 1. The lowest BCUT2D eigenvalue weighted by Crippen LogP contribution is -2.43. The first kappa shape index (κ1) is 24.3. The van der Waals surface area contributed by atoms with E-state index >= 15 is 0 Å². The first-order valence-electron chi connectivity index (χ1n) is 10.4. The molecule has 0 amide bonds. The number of ether oxygens (including phenoxy) is 1. The van der Waals surface area contributed by atoms with Crippen LogP contribution < -0.4 is 0 Å². The van der Waals surface area contributed by atoms with E-state index in [9.17, 15) is 18.0 Å². The normalized spacial score (nSPS) is 12.5. The van der Waals surface area contributed by atoms with Gasteiger partial charge in [-0.15, -0.1) is 0 Å². The monoisotopic (exact) mass is 469 g/mol. The third-order valence-corrected chi connectivity index (χ3v) is 7.49. The highest BCUT2D eigenvalue weighted by molar-refractivity contribution is 7.89. The molecule has 0 radical (unpaired) electrons. The number of H-pyrrole nitrogens is 1. The molecule has 0 saturated heterocycles. The Morgan fingerprint density at radius 2 is 1.76 bits per heavy atom. The van der Waals surface area contributed by atoms with Gasteiger partial charge >= 0.3 is 5.97 Å². The number of hydrogen-bond acceptors (Lipinski definition) is 6. The first-order valence-corrected chi connectivity index (χ1v) is 11.8. The van der Waals surface area contributed by atoms with Crippen LogP contribution in [0.1, 0.15) is 50.3 Å². The molecular weight excluding hydrogens is 442 g/mol. The van der Waals surface area contributed by atoms with Crippen molar-refractivity contribution >= 4 is 21.8 Å². The number of nitrogens with zero attached hydrogens (tertiary/aromatic N) is 2. The number of pyridine rings is 1. The fourth-order valence-electron chi connectivity index (χ4n) is 3.69. The highest BCUT2D eigenvalue weighted by Gasteiger charge is 2.36. The van der Waals surface area contributed by atoms with E-state index in [1.54, 1.807) is 57.3 Å². The largest absolute Gasteiger partial charge is 0.464 e. The number of methoxy groups -OCH3 is 1. The Hall–Kier alpha value is -3.30. The zero-order chi connectivity index (χ0) is 24.3. The number of nitrogens with one attached hydrogen (secondary N) is 1. The van der Waals surface area contributed by atoms with Crippen molar-refractivity contribution in [1.82, 2.24) is 14.3 Å². The quantitative estimate of drug-likeness (QED) is 0.399. The maximum atomic E-state index is 13.6. The molecule has 2 heterocycles. The van der Waals surface area contributed by atoms with Crippen molar-refractivity contribution in [3.63, 3.8) is 0 Å². The molecular formula is C24H27N3O5S. The summed E-state index contributed by atoms with van der Waals surface area (Å²) in [5, 5.41) is 0. The first-order chi connectivity index (χ1) is 15.6. The highest BCUT2D eigenvalue weighted by atomic mass is 32.2. The summed E-state index contributed by atoms with van der Waals surface area (Å²) in [5.41, 5.74) is 2.75. The molecule has 9 heteroatoms. The second-order valence-corrected chi connectivity index (χ2v) is 9.73. The summed E-state index contributed by atoms with van der Waals surface area (Å²) < 4.78 is 33.2. The van der Waals surface area contributed by atoms with Crippen molar-refractivity contribution < 1.29 is 22.7 Å². The van der Waals surface area contributed by atoms with Crippen LogP contribution in [-0.2, 0) is 21.3 Å². The molecule has 0 bridgehead atoms. The van der Waals surface area contributed by atoms with E-state index in [0.29, 0.717) is 17.0 Å². The zero-order valence-electron chi connectivity index (χ0n) is 19.2. The molecule has 0 aliphatic carbocycles. The summed E-state index contributed by atoms with van der Waals surface area (Å²) in [4.78, 5) is 32.9. The van der Waals surface area contributed by atoms with Crippen LogP contribution in [0.2, 0.25) is 0 Å². The van der Waals surface area contributed by atoms with Gasteiger partial charge in [-0.1, -0.05) is 23.8 Å². The van der Waals surface area contributed by atoms with Crippen LogP contribution in [0, 0.1) is 20.8 Å². The molecule has 1 unspecified atom stereocenters. The Bertz CT molecular complexity index is 1270. The van der Waals surface area contributed by atoms with Crippen molar-refractivity contribution in [2.75, 3.05) is 7.11 Å². The molecule has 0 aliphatic rings. The number of hydrogen-bond donors (Lipinski definition) is 1. The molecule has 1 atom stereocenters. The summed E-state index contributed by atoms with van der Waals surface area (Å²) in [6, 6.07) is 10.6. The van der Waals surface area contributed by atoms with Crippen LogP contribution in [0.3, 0.4) is 0 Å². The van der Waals surface area contributed by atoms with Gasteiger partial charge in [-0.3, -0.25) is 9.78 Å². The van der Waals surface area contributed by atoms with Crippen LogP contribution in [0.5, 0.6) is 0 Å². The number of Topliss-reactive ketones (excluding diaryl/α,β-unsaturated/α-hetero) is 1. The highest BCUT2D eigenvalue weighted by Crippen LogP contribution is 2.26. The molecule has 3 aromatic rings. The summed E-state index contributed by atoms with van der Waals surface area (Å²) in [7, 11) is -2.78. The van der Waals surface area contributed by atoms with E-state index in [0.717, 1.165) is 9.87 Å². The predicted octanol–water partition coefficient (Wildman–Crippen LogP) is 3.58. The Balaban J connectivity index is 2.07. The SMILES string of the molecule is COC(=O)c1[nH]c(C)c(C(=O)C(C)N(Cc2ccccn2)S(=O)(=O)c2ccc(C)cc2)c1C. The number of aryl methyl sites for hydroxylation is 2. The Morgan fingerprint density at radius 1 is 1.09 bits per heavy atom. The molecule has 1 N–H and O–H groups in total. The lowest BCUT2D eigenvalue weighted by atomic mass is 10.0. The summed E-state index contributed by atoms with van der Waals surface area (Å²) >= 11 is 0. The Labute approximate surface area is 193 Å². The van der Waals surface area contributed by atoms with Gasteiger partial charge in [0.05, 0.1) is 30.3 Å². The summed E-state index contributed by atoms with van der Waals surface area (Å²) in [5.74, 6) is -1.03. The van der Waals surface area contributed by atoms with Crippen LogP contribution in [-0.4, -0.2) is 47.6 Å². The van der Waals surface area contributed by atoms with Gasteiger partial charge in [0.2, 0.25) is 10.0 Å². The lowest BCUT2D eigenvalue weighted by molar-refractivity contribution is 0.0594. The van der Waals surface area contributed by atoms with Crippen LogP contribution >= 0.6 is 0 Å². The topological polar surface area (TPSA) is 109 Å². The average molecular weight is 470 g/mol. The Kier molecular flexibility index (Phi) is 7.14. The van der Waals surface area contributed by atoms with E-state index in [1.165, 1.54) is 19.2 Å². The second-order valence-electron chi connectivity index (χ2n) is 7.84. The molecule has 2 aromatic heterocycles. The number of esters is 1. The van der Waals surface area contributed by atoms with Crippen molar-refractivity contribution in [1.29, 1.82) is 0 Å². The van der Waals surface area contributed by atoms with Gasteiger partial charge in [0.1, 0.15) is 5.69 Å². The molecule has 0 aliphatic heterocycles. The van der Waals surface area contributed by atoms with E-state index in [4.69, 9.17) is 4.74 Å². The van der Waals surface area contributed by atoms with Crippen molar-refractivity contribution in [2.24, 2.45) is 0 Å². The van der Waals surface area contributed by atoms with Crippen LogP contribution in [0.4, 0.5) is 0 Å². The molecule has 8 nitrogen and oxygen atoms in total. The van der Waals surface area contributed by atoms with Crippen LogP contribution in [0.15, 0.2) is 53.6 Å². The third-order valence-electron chi connectivity index (χ3n) is 5.56. The number of benzene rings is 1. The zero-order valence-corrected chi connectivity index (χ0v) is 20.1. The smallest absolute Gasteiger partial charge is 0.354 e. The van der Waals surface area contributed by atoms with Gasteiger partial charge in [0.15, 0.2) is 5.78 Å². The average Bonchev–Trinajstić information content (AvgIpc) is 3.10. The van der Waals surface area contributed by atoms with Crippen LogP contribution in [0.25, 0.3) is 0 Å². The standard InChI is InChI=1S/C24H27N3O5S/c1-15-9-11-20(12-10-15)33(30,31)27(14-19-8-6-7-13-25-19)18(4)23(28)21-16(2)22(24(29)32-5)26-17(21)3/h6-13,18,26H,14H2,1-5H3. The molecule has 1 aromatic carbocycles. The fourth-order valence-corrected chi connectivity index (χ4v) is 5.26. The van der Waals surface area contributed by atoms with Crippen molar-refractivity contribution in [3.05, 3.63) is 82.4 Å². The van der Waals surface area contributed by atoms with E-state index in [1.807, 2.05) is 6.92 Å². The minimum absolute atomic E-state index is 0.0847. The van der Waals surface area contributed by atoms with Gasteiger partial charge in [0.25, 0.3) is 0 Å². The van der Waals surface area contributed by atoms with Gasteiger partial charge < -0.3 is 9.72 Å². The van der Waals surface area contributed by atoms with Crippen molar-refractivity contribution in [3.8, 4) is 0 Å². The number of aromatic amines is 1. The number of carbonyl (C=O) groups is 2. The Morgan fingerprint density at radius 3 is 2.33 bits per heavy atom. The fraction of sp³-hybridized carbons (Fsp3) is 0.292. The maximum Gasteiger partial charge on any atom is 0.354 e. The van der Waals surface area contributed by atoms with Crippen molar-refractivity contribution in [2.45, 2.75) is 45.2 Å². The number of aromatic nitrogens is 2. The summed E-state index contributed by atoms with van der Waals surface area (Å²) in [6.45, 7) is 6.62. The minimum Gasteiger partial charge on any atom is -0.464 e. The number of rotatable bonds is 8. The third kappa shape index (κ3) is 4.89. The second kappa shape index (κ2) is 9.68. The molecule has 33 heavy (non-hydrogen) atoms. The van der Waals surface area contributed by atoms with Gasteiger partial charge in [0, 0.05) is 17.5 Å².